The van der Waals surface area contributed by atoms with Gasteiger partial charge < -0.3 is 29.6 Å². The minimum Gasteiger partial charge on any atom is -0.490 e. The van der Waals surface area contributed by atoms with E-state index in [0.717, 1.165) is 0 Å². The number of rotatable bonds is 8. The molecule has 0 saturated carbocycles. The molecule has 0 radical (unpaired) electrons. The number of halogens is 1. The van der Waals surface area contributed by atoms with Crippen molar-refractivity contribution in [2.24, 2.45) is 0 Å². The fourth-order valence-electron chi connectivity index (χ4n) is 3.59. The lowest BCUT2D eigenvalue weighted by Crippen LogP contribution is -2.15. The fourth-order valence-corrected chi connectivity index (χ4v) is 3.77. The van der Waals surface area contributed by atoms with Crippen LogP contribution in [0.4, 0.5) is 11.4 Å². The van der Waals surface area contributed by atoms with Crippen LogP contribution in [0.5, 0.6) is 28.7 Å². The van der Waals surface area contributed by atoms with Crippen LogP contribution in [0.3, 0.4) is 0 Å². The molecule has 1 aliphatic rings. The van der Waals surface area contributed by atoms with Crippen LogP contribution < -0.4 is 29.6 Å². The van der Waals surface area contributed by atoms with E-state index < -0.39 is 5.91 Å². The van der Waals surface area contributed by atoms with Gasteiger partial charge in [-0.05, 0) is 69.3 Å². The van der Waals surface area contributed by atoms with Gasteiger partial charge in [0.25, 0.3) is 11.8 Å². The first kappa shape index (κ1) is 24.2. The van der Waals surface area contributed by atoms with Crippen LogP contribution in [0.1, 0.15) is 41.5 Å². The van der Waals surface area contributed by atoms with Gasteiger partial charge in [-0.1, -0.05) is 11.6 Å². The Hall–Kier alpha value is -3.91. The quantitative estimate of drug-likeness (QED) is 0.388. The van der Waals surface area contributed by atoms with Crippen LogP contribution in [-0.2, 0) is 0 Å². The summed E-state index contributed by atoms with van der Waals surface area (Å²) in [5, 5.41) is 6.08. The maximum absolute atomic E-state index is 13.1. The molecule has 0 atom stereocenters. The molecule has 3 aromatic rings. The van der Waals surface area contributed by atoms with E-state index >= 15 is 0 Å². The maximum atomic E-state index is 13.1. The summed E-state index contributed by atoms with van der Waals surface area (Å²) in [5.41, 5.74) is 1.47. The standard InChI is InChI=1S/C26H25ClN2O6/c1-4-32-22-11-15(12-23(33-5-2)24(22)34-6-3)25(30)28-17-8-10-20-18(14-17)26(31)29-19-13-16(27)7-9-21(19)35-20/h7-14H,4-6H2,1-3H3,(H,28,30)(H,29,31). The molecule has 0 saturated heterocycles. The molecule has 2 N–H and O–H groups in total. The van der Waals surface area contributed by atoms with Gasteiger partial charge in [0.2, 0.25) is 5.75 Å². The van der Waals surface area contributed by atoms with E-state index in [9.17, 15) is 9.59 Å². The molecule has 0 fully saturated rings. The minimum atomic E-state index is -0.403. The van der Waals surface area contributed by atoms with Crippen molar-refractivity contribution in [1.82, 2.24) is 0 Å². The van der Waals surface area contributed by atoms with Gasteiger partial charge in [0, 0.05) is 16.3 Å². The summed E-state index contributed by atoms with van der Waals surface area (Å²) in [6.45, 7) is 6.75. The zero-order chi connectivity index (χ0) is 24.9. The number of carbonyl (C=O) groups excluding carboxylic acids is 2. The smallest absolute Gasteiger partial charge is 0.259 e. The van der Waals surface area contributed by atoms with Gasteiger partial charge in [0.1, 0.15) is 5.75 Å². The molecule has 1 heterocycles. The summed E-state index contributed by atoms with van der Waals surface area (Å²) in [5.74, 6) is 1.33. The average Bonchev–Trinajstić information content (AvgIpc) is 2.96. The normalized spacial score (nSPS) is 11.8. The maximum Gasteiger partial charge on any atom is 0.259 e. The number of nitrogens with one attached hydrogen (secondary N) is 2. The van der Waals surface area contributed by atoms with Crippen LogP contribution in [0.15, 0.2) is 48.5 Å². The number of amides is 2. The number of anilines is 2. The molecule has 2 amide bonds. The van der Waals surface area contributed by atoms with Crippen LogP contribution in [0, 0.1) is 0 Å². The van der Waals surface area contributed by atoms with Crippen molar-refractivity contribution in [1.29, 1.82) is 0 Å². The third kappa shape index (κ3) is 5.27. The van der Waals surface area contributed by atoms with Gasteiger partial charge in [0.05, 0.1) is 31.1 Å². The second-order valence-electron chi connectivity index (χ2n) is 7.46. The van der Waals surface area contributed by atoms with Crippen LogP contribution in [-0.4, -0.2) is 31.6 Å². The van der Waals surface area contributed by atoms with E-state index in [1.165, 1.54) is 0 Å². The number of ether oxygens (including phenoxy) is 4. The number of hydrogen-bond donors (Lipinski definition) is 2. The molecular formula is C26H25ClN2O6. The van der Waals surface area contributed by atoms with Crippen molar-refractivity contribution in [2.75, 3.05) is 30.5 Å². The molecule has 3 aromatic carbocycles. The topological polar surface area (TPSA) is 95.1 Å². The minimum absolute atomic E-state index is 0.270. The number of fused-ring (bicyclic) bond motifs is 2. The summed E-state index contributed by atoms with van der Waals surface area (Å²) in [6.07, 6.45) is 0. The summed E-state index contributed by atoms with van der Waals surface area (Å²) in [7, 11) is 0. The van der Waals surface area contributed by atoms with Crippen molar-refractivity contribution >= 4 is 34.8 Å². The zero-order valence-corrected chi connectivity index (χ0v) is 20.3. The molecule has 0 unspecified atom stereocenters. The molecular weight excluding hydrogens is 472 g/mol. The lowest BCUT2D eigenvalue weighted by Gasteiger charge is -2.17. The summed E-state index contributed by atoms with van der Waals surface area (Å²) in [4.78, 5) is 25.9. The molecule has 4 rings (SSSR count). The lowest BCUT2D eigenvalue weighted by molar-refractivity contribution is 0.101. The van der Waals surface area contributed by atoms with Crippen molar-refractivity contribution in [3.63, 3.8) is 0 Å². The molecule has 9 heteroatoms. The highest BCUT2D eigenvalue weighted by Gasteiger charge is 2.23. The predicted octanol–water partition coefficient (Wildman–Crippen LogP) is 6.15. The fraction of sp³-hybridized carbons (Fsp3) is 0.231. The number of benzene rings is 3. The summed E-state index contributed by atoms with van der Waals surface area (Å²) >= 11 is 6.04. The molecule has 1 aliphatic heterocycles. The first-order chi connectivity index (χ1) is 16.9. The van der Waals surface area contributed by atoms with Crippen molar-refractivity contribution in [3.05, 3.63) is 64.7 Å². The Bertz CT molecular complexity index is 1250. The molecule has 0 spiro atoms. The van der Waals surface area contributed by atoms with Gasteiger partial charge in [-0.3, -0.25) is 9.59 Å². The Morgan fingerprint density at radius 2 is 1.57 bits per heavy atom. The Balaban J connectivity index is 1.62. The first-order valence-corrected chi connectivity index (χ1v) is 11.6. The molecule has 0 aliphatic carbocycles. The van der Waals surface area contributed by atoms with Crippen molar-refractivity contribution in [3.8, 4) is 28.7 Å². The third-order valence-electron chi connectivity index (χ3n) is 5.06. The second-order valence-corrected chi connectivity index (χ2v) is 7.90. The number of carbonyl (C=O) groups is 2. The Morgan fingerprint density at radius 3 is 2.23 bits per heavy atom. The molecule has 0 bridgehead atoms. The van der Waals surface area contributed by atoms with E-state index in [1.807, 2.05) is 20.8 Å². The van der Waals surface area contributed by atoms with Gasteiger partial charge in [-0.15, -0.1) is 0 Å². The SMILES string of the molecule is CCOc1cc(C(=O)Nc2ccc3c(c2)C(=O)Nc2cc(Cl)ccc2O3)cc(OCC)c1OCC. The highest BCUT2D eigenvalue weighted by molar-refractivity contribution is 6.31. The zero-order valence-electron chi connectivity index (χ0n) is 19.6. The van der Waals surface area contributed by atoms with E-state index in [-0.39, 0.29) is 11.5 Å². The van der Waals surface area contributed by atoms with E-state index in [4.69, 9.17) is 30.5 Å². The highest BCUT2D eigenvalue weighted by atomic mass is 35.5. The molecule has 8 nitrogen and oxygen atoms in total. The average molecular weight is 497 g/mol. The van der Waals surface area contributed by atoms with Gasteiger partial charge in [0.15, 0.2) is 17.2 Å². The highest BCUT2D eigenvalue weighted by Crippen LogP contribution is 2.40. The van der Waals surface area contributed by atoms with E-state index in [2.05, 4.69) is 10.6 Å². The van der Waals surface area contributed by atoms with Crippen molar-refractivity contribution < 1.29 is 28.5 Å². The van der Waals surface area contributed by atoms with Crippen LogP contribution in [0.2, 0.25) is 5.02 Å². The van der Waals surface area contributed by atoms with Crippen LogP contribution in [0.25, 0.3) is 0 Å². The number of hydrogen-bond acceptors (Lipinski definition) is 6. The summed E-state index contributed by atoms with van der Waals surface area (Å²) in [6, 6.07) is 13.0. The van der Waals surface area contributed by atoms with Crippen molar-refractivity contribution in [2.45, 2.75) is 20.8 Å². The van der Waals surface area contributed by atoms with Gasteiger partial charge >= 0.3 is 0 Å². The Kier molecular flexibility index (Phi) is 7.31. The predicted molar refractivity (Wildman–Crippen MR) is 134 cm³/mol. The Labute approximate surface area is 208 Å². The van der Waals surface area contributed by atoms with Gasteiger partial charge in [-0.2, -0.15) is 0 Å². The third-order valence-corrected chi connectivity index (χ3v) is 5.30. The largest absolute Gasteiger partial charge is 0.490 e. The molecule has 0 aromatic heterocycles. The molecule has 182 valence electrons. The lowest BCUT2D eigenvalue weighted by atomic mass is 10.1. The summed E-state index contributed by atoms with van der Waals surface area (Å²) < 4.78 is 23.0. The van der Waals surface area contributed by atoms with E-state index in [1.54, 1.807) is 48.5 Å². The molecule has 35 heavy (non-hydrogen) atoms. The van der Waals surface area contributed by atoms with Gasteiger partial charge in [-0.25, -0.2) is 0 Å². The van der Waals surface area contributed by atoms with Crippen LogP contribution >= 0.6 is 11.6 Å². The monoisotopic (exact) mass is 496 g/mol. The Morgan fingerprint density at radius 1 is 0.914 bits per heavy atom. The van der Waals surface area contributed by atoms with E-state index in [0.29, 0.717) is 70.5 Å². The second kappa shape index (κ2) is 10.6. The first-order valence-electron chi connectivity index (χ1n) is 11.2.